The minimum absolute atomic E-state index is 0.221. The van der Waals surface area contributed by atoms with Crippen molar-refractivity contribution in [1.29, 1.82) is 0 Å². The standard InChI is InChI=1S/C35H39N7O4/c1-20(45-2)31(41-35(44)46-3)34(43)42-17-5-7-30(42)33-38-26-15-13-24(19-29(26)40-33)22-10-8-21(9-11-22)23-12-14-25-28(18-23)39-32(37-25)27-6-4-16-36-27/h8-15,18-20,27,30-31,36H,4-7,16-17H2,1-3H3,(H,37,39)(H,38,40)(H,41,44)/t20-,27+,30+,31+/m1/s1. The number of benzene rings is 3. The number of rotatable bonds is 8. The van der Waals surface area contributed by atoms with Gasteiger partial charge in [-0.2, -0.15) is 0 Å². The molecule has 4 heterocycles. The monoisotopic (exact) mass is 621 g/mol. The van der Waals surface area contributed by atoms with Crippen LogP contribution in [0, 0.1) is 0 Å². The molecule has 2 aliphatic rings. The Morgan fingerprint density at radius 2 is 1.46 bits per heavy atom. The Kier molecular flexibility index (Phi) is 8.18. The largest absolute Gasteiger partial charge is 0.453 e. The molecule has 11 heteroatoms. The summed E-state index contributed by atoms with van der Waals surface area (Å²) < 4.78 is 10.2. The number of imidazole rings is 2. The first-order valence-corrected chi connectivity index (χ1v) is 15.9. The number of hydrogen-bond donors (Lipinski definition) is 4. The maximum Gasteiger partial charge on any atom is 0.407 e. The number of likely N-dealkylation sites (tertiary alicyclic amines) is 1. The van der Waals surface area contributed by atoms with Gasteiger partial charge in [0.1, 0.15) is 17.7 Å². The molecule has 46 heavy (non-hydrogen) atoms. The Labute approximate surface area is 267 Å². The van der Waals surface area contributed by atoms with E-state index in [2.05, 4.69) is 75.2 Å². The van der Waals surface area contributed by atoms with E-state index in [9.17, 15) is 9.59 Å². The third-order valence-electron chi connectivity index (χ3n) is 9.36. The first kappa shape index (κ1) is 29.9. The second-order valence-corrected chi connectivity index (χ2v) is 12.2. The summed E-state index contributed by atoms with van der Waals surface area (Å²) in [6.07, 6.45) is 2.70. The van der Waals surface area contributed by atoms with E-state index in [1.807, 2.05) is 6.07 Å². The van der Waals surface area contributed by atoms with Crippen molar-refractivity contribution in [2.75, 3.05) is 27.3 Å². The predicted octanol–water partition coefficient (Wildman–Crippen LogP) is 5.62. The molecule has 2 aromatic heterocycles. The zero-order valence-corrected chi connectivity index (χ0v) is 26.3. The number of methoxy groups -OCH3 is 2. The van der Waals surface area contributed by atoms with Crippen molar-refractivity contribution in [3.05, 3.63) is 72.3 Å². The van der Waals surface area contributed by atoms with Crippen LogP contribution in [-0.4, -0.2) is 76.3 Å². The van der Waals surface area contributed by atoms with E-state index in [0.29, 0.717) is 12.6 Å². The van der Waals surface area contributed by atoms with Crippen LogP contribution in [-0.2, 0) is 14.3 Å². The van der Waals surface area contributed by atoms with Crippen LogP contribution in [0.3, 0.4) is 0 Å². The molecular weight excluding hydrogens is 582 g/mol. The molecule has 4 atom stereocenters. The number of nitrogens with one attached hydrogen (secondary N) is 4. The van der Waals surface area contributed by atoms with Crippen LogP contribution >= 0.6 is 0 Å². The van der Waals surface area contributed by atoms with Crippen LogP contribution in [0.4, 0.5) is 4.79 Å². The maximum atomic E-state index is 13.6. The summed E-state index contributed by atoms with van der Waals surface area (Å²) in [5.41, 5.74) is 8.23. The van der Waals surface area contributed by atoms with Crippen molar-refractivity contribution >= 4 is 34.1 Å². The smallest absolute Gasteiger partial charge is 0.407 e. The molecule has 11 nitrogen and oxygen atoms in total. The minimum Gasteiger partial charge on any atom is -0.453 e. The van der Waals surface area contributed by atoms with Crippen molar-refractivity contribution < 1.29 is 19.1 Å². The summed E-state index contributed by atoms with van der Waals surface area (Å²) in [6, 6.07) is 20.4. The second-order valence-electron chi connectivity index (χ2n) is 12.2. The number of fused-ring (bicyclic) bond motifs is 2. The van der Waals surface area contributed by atoms with Gasteiger partial charge in [0, 0.05) is 13.7 Å². The summed E-state index contributed by atoms with van der Waals surface area (Å²) in [7, 11) is 2.79. The van der Waals surface area contributed by atoms with Gasteiger partial charge in [-0.25, -0.2) is 14.8 Å². The predicted molar refractivity (Wildman–Crippen MR) is 176 cm³/mol. The van der Waals surface area contributed by atoms with Crippen LogP contribution in [0.5, 0.6) is 0 Å². The van der Waals surface area contributed by atoms with Gasteiger partial charge in [-0.1, -0.05) is 36.4 Å². The fraction of sp³-hybridized carbons (Fsp3) is 0.371. The van der Waals surface area contributed by atoms with Crippen LogP contribution in [0.25, 0.3) is 44.3 Å². The Morgan fingerprint density at radius 3 is 2.04 bits per heavy atom. The maximum absolute atomic E-state index is 13.6. The number of aromatic nitrogens is 4. The first-order valence-electron chi connectivity index (χ1n) is 15.9. The van der Waals surface area contributed by atoms with Gasteiger partial charge in [-0.15, -0.1) is 0 Å². The molecule has 0 saturated carbocycles. The van der Waals surface area contributed by atoms with Gasteiger partial charge in [-0.05, 0) is 85.7 Å². The Hall–Kier alpha value is -4.74. The van der Waals surface area contributed by atoms with Crippen molar-refractivity contribution in [3.63, 3.8) is 0 Å². The molecule has 0 bridgehead atoms. The summed E-state index contributed by atoms with van der Waals surface area (Å²) in [6.45, 7) is 3.36. The number of nitrogens with zero attached hydrogens (tertiary/aromatic N) is 3. The minimum atomic E-state index is -0.870. The fourth-order valence-electron chi connectivity index (χ4n) is 6.71. The highest BCUT2D eigenvalue weighted by molar-refractivity contribution is 5.87. The van der Waals surface area contributed by atoms with Crippen molar-refractivity contribution in [2.45, 2.75) is 56.8 Å². The van der Waals surface area contributed by atoms with E-state index >= 15 is 0 Å². The molecule has 0 aliphatic carbocycles. The lowest BCUT2D eigenvalue weighted by molar-refractivity contribution is -0.137. The van der Waals surface area contributed by atoms with E-state index in [-0.39, 0.29) is 11.9 Å². The Morgan fingerprint density at radius 1 is 0.848 bits per heavy atom. The molecule has 4 N–H and O–H groups in total. The van der Waals surface area contributed by atoms with Gasteiger partial charge in [0.25, 0.3) is 0 Å². The number of H-pyrrole nitrogens is 2. The Bertz CT molecular complexity index is 1880. The molecule has 5 aromatic rings. The lowest BCUT2D eigenvalue weighted by atomic mass is 10.00. The highest BCUT2D eigenvalue weighted by Gasteiger charge is 2.38. The van der Waals surface area contributed by atoms with E-state index in [4.69, 9.17) is 19.4 Å². The lowest BCUT2D eigenvalue weighted by Gasteiger charge is -2.30. The molecular formula is C35H39N7O4. The average Bonchev–Trinajstić information content (AvgIpc) is 3.91. The third-order valence-corrected chi connectivity index (χ3v) is 9.36. The van der Waals surface area contributed by atoms with Gasteiger partial charge in [0.05, 0.1) is 47.4 Å². The van der Waals surface area contributed by atoms with Gasteiger partial charge < -0.3 is 35.0 Å². The molecule has 2 amide bonds. The van der Waals surface area contributed by atoms with Crippen LogP contribution < -0.4 is 10.6 Å². The Balaban J connectivity index is 1.09. The summed E-state index contributed by atoms with van der Waals surface area (Å²) in [5.74, 6) is 1.53. The molecule has 3 aromatic carbocycles. The molecule has 7 rings (SSSR count). The summed E-state index contributed by atoms with van der Waals surface area (Å²) in [4.78, 5) is 44.0. The number of carbonyl (C=O) groups excluding carboxylic acids is 2. The summed E-state index contributed by atoms with van der Waals surface area (Å²) >= 11 is 0. The lowest BCUT2D eigenvalue weighted by Crippen LogP contribution is -2.54. The molecule has 2 fully saturated rings. The molecule has 2 aliphatic heterocycles. The number of carbonyl (C=O) groups is 2. The van der Waals surface area contributed by atoms with Gasteiger partial charge in [0.15, 0.2) is 0 Å². The molecule has 0 radical (unpaired) electrons. The highest BCUT2D eigenvalue weighted by Crippen LogP contribution is 2.34. The summed E-state index contributed by atoms with van der Waals surface area (Å²) in [5, 5.41) is 6.15. The van der Waals surface area contributed by atoms with Crippen molar-refractivity contribution in [1.82, 2.24) is 35.5 Å². The van der Waals surface area contributed by atoms with Crippen LogP contribution in [0.2, 0.25) is 0 Å². The highest BCUT2D eigenvalue weighted by atomic mass is 16.5. The van der Waals surface area contributed by atoms with E-state index in [0.717, 1.165) is 81.8 Å². The van der Waals surface area contributed by atoms with Gasteiger partial charge in [0.2, 0.25) is 5.91 Å². The van der Waals surface area contributed by atoms with E-state index < -0.39 is 18.2 Å². The SMILES string of the molecule is COC(=O)N[C@H](C(=O)N1CCC[C@H]1c1nc2ccc(-c3ccc(-c4ccc5nc([C@@H]6CCCN6)[nH]c5c4)cc3)cc2[nH]1)[C@@H](C)OC. The topological polar surface area (TPSA) is 137 Å². The normalized spacial score (nSPS) is 19.5. The molecule has 0 unspecified atom stereocenters. The van der Waals surface area contributed by atoms with E-state index in [1.165, 1.54) is 20.6 Å². The van der Waals surface area contributed by atoms with Crippen LogP contribution in [0.15, 0.2) is 60.7 Å². The number of alkyl carbamates (subject to hydrolysis) is 1. The quantitative estimate of drug-likeness (QED) is 0.177. The molecule has 2 saturated heterocycles. The first-order chi connectivity index (χ1) is 22.4. The zero-order chi connectivity index (χ0) is 31.8. The second kappa shape index (κ2) is 12.6. The van der Waals surface area contributed by atoms with Gasteiger partial charge in [-0.3, -0.25) is 4.79 Å². The zero-order valence-electron chi connectivity index (χ0n) is 26.3. The van der Waals surface area contributed by atoms with Gasteiger partial charge >= 0.3 is 6.09 Å². The number of hydrogen-bond acceptors (Lipinski definition) is 7. The van der Waals surface area contributed by atoms with Crippen molar-refractivity contribution in [2.24, 2.45) is 0 Å². The number of ether oxygens (including phenoxy) is 2. The number of aromatic amines is 2. The third kappa shape index (κ3) is 5.72. The molecule has 238 valence electrons. The fourth-order valence-corrected chi connectivity index (χ4v) is 6.71. The average molecular weight is 622 g/mol. The number of amides is 2. The van der Waals surface area contributed by atoms with E-state index in [1.54, 1.807) is 11.8 Å². The van der Waals surface area contributed by atoms with Crippen molar-refractivity contribution in [3.8, 4) is 22.3 Å². The van der Waals surface area contributed by atoms with Crippen LogP contribution in [0.1, 0.15) is 56.3 Å². The molecule has 0 spiro atoms.